The Morgan fingerprint density at radius 1 is 1.57 bits per heavy atom. The molecule has 0 saturated heterocycles. The van der Waals surface area contributed by atoms with Crippen molar-refractivity contribution in [3.05, 3.63) is 0 Å². The van der Waals surface area contributed by atoms with Crippen LogP contribution in [-0.4, -0.2) is 17.5 Å². The van der Waals surface area contributed by atoms with E-state index in [0.29, 0.717) is 6.29 Å². The number of rotatable bonds is 2. The first kappa shape index (κ1) is 6.63. The Labute approximate surface area is 43.2 Å². The van der Waals surface area contributed by atoms with E-state index in [-0.39, 0.29) is 5.92 Å². The highest BCUT2D eigenvalue weighted by molar-refractivity contribution is 5.55. The smallest absolute Gasteiger partial charge is 0.148 e. The third-order valence-electron chi connectivity index (χ3n) is 0.822. The van der Waals surface area contributed by atoms with Crippen LogP contribution < -0.4 is 0 Å². The minimum absolute atomic E-state index is 0.0532. The van der Waals surface area contributed by atoms with E-state index in [1.165, 1.54) is 0 Å². The summed E-state index contributed by atoms with van der Waals surface area (Å²) >= 11 is 0. The lowest BCUT2D eigenvalue weighted by Crippen LogP contribution is -2.15. The third-order valence-corrected chi connectivity index (χ3v) is 0.822. The van der Waals surface area contributed by atoms with E-state index in [1.807, 2.05) is 0 Å². The van der Waals surface area contributed by atoms with Crippen molar-refractivity contribution in [2.75, 3.05) is 0 Å². The van der Waals surface area contributed by atoms with Gasteiger partial charge in [-0.2, -0.15) is 0 Å². The highest BCUT2D eigenvalue weighted by atomic mass is 16.3. The normalized spacial score (nSPS) is 14.3. The van der Waals surface area contributed by atoms with Crippen LogP contribution in [0.1, 0.15) is 13.8 Å². The number of aldehydes is 1. The van der Waals surface area contributed by atoms with Gasteiger partial charge in [0.05, 0.1) is 0 Å². The highest BCUT2D eigenvalue weighted by Crippen LogP contribution is 1.95. The van der Waals surface area contributed by atoms with Crippen LogP contribution in [0.2, 0.25) is 0 Å². The van der Waals surface area contributed by atoms with Crippen molar-refractivity contribution in [1.82, 2.24) is 0 Å². The zero-order valence-corrected chi connectivity index (χ0v) is 4.59. The molecule has 1 atom stereocenters. The summed E-state index contributed by atoms with van der Waals surface area (Å²) in [6.45, 7) is 3.58. The zero-order valence-electron chi connectivity index (χ0n) is 4.59. The lowest BCUT2D eigenvalue weighted by Gasteiger charge is -2.03. The van der Waals surface area contributed by atoms with Crippen molar-refractivity contribution >= 4 is 6.29 Å². The average Bonchev–Trinajstić information content (AvgIpc) is 1.65. The molecule has 0 unspecified atom stereocenters. The largest absolute Gasteiger partial charge is 0.385 e. The third kappa shape index (κ3) is 2.34. The van der Waals surface area contributed by atoms with Crippen LogP contribution in [0.25, 0.3) is 0 Å². The summed E-state index contributed by atoms with van der Waals surface area (Å²) in [5, 5.41) is 8.57. The quantitative estimate of drug-likeness (QED) is 0.506. The number of aliphatic hydroxyl groups excluding tert-OH is 1. The summed E-state index contributed by atoms with van der Waals surface area (Å²) in [5.74, 6) is 0.0532. The summed E-state index contributed by atoms with van der Waals surface area (Å²) in [5.41, 5.74) is 0. The number of aliphatic hydroxyl groups is 1. The molecule has 0 aliphatic rings. The highest BCUT2D eigenvalue weighted by Gasteiger charge is 2.04. The first-order chi connectivity index (χ1) is 3.18. The molecule has 0 aromatic heterocycles. The minimum Gasteiger partial charge on any atom is -0.385 e. The van der Waals surface area contributed by atoms with Crippen molar-refractivity contribution in [3.8, 4) is 0 Å². The van der Waals surface area contributed by atoms with Gasteiger partial charge in [-0.3, -0.25) is 0 Å². The van der Waals surface area contributed by atoms with Gasteiger partial charge in [-0.15, -0.1) is 0 Å². The number of carbonyl (C=O) groups excluding carboxylic acids is 1. The monoisotopic (exact) mass is 102 g/mol. The molecule has 0 fully saturated rings. The van der Waals surface area contributed by atoms with Gasteiger partial charge in [0.2, 0.25) is 0 Å². The first-order valence-corrected chi connectivity index (χ1v) is 2.32. The van der Waals surface area contributed by atoms with Crippen molar-refractivity contribution < 1.29 is 9.90 Å². The van der Waals surface area contributed by atoms with Crippen molar-refractivity contribution in [2.24, 2.45) is 5.92 Å². The molecular weight excluding hydrogens is 92.1 g/mol. The molecule has 0 aromatic rings. The van der Waals surface area contributed by atoms with Gasteiger partial charge in [-0.05, 0) is 5.92 Å². The van der Waals surface area contributed by atoms with Crippen LogP contribution in [0, 0.1) is 5.92 Å². The van der Waals surface area contributed by atoms with E-state index in [2.05, 4.69) is 0 Å². The van der Waals surface area contributed by atoms with Crippen molar-refractivity contribution in [3.63, 3.8) is 0 Å². The Morgan fingerprint density at radius 3 is 2.00 bits per heavy atom. The summed E-state index contributed by atoms with van der Waals surface area (Å²) in [4.78, 5) is 9.70. The molecule has 0 bridgehead atoms. The number of hydrogen-bond acceptors (Lipinski definition) is 2. The average molecular weight is 102 g/mol. The molecule has 42 valence electrons. The second kappa shape index (κ2) is 2.75. The number of carbonyl (C=O) groups is 1. The molecule has 2 heteroatoms. The predicted octanol–water partition coefficient (Wildman–Crippen LogP) is 0.202. The van der Waals surface area contributed by atoms with Crippen LogP contribution in [0.5, 0.6) is 0 Å². The summed E-state index contributed by atoms with van der Waals surface area (Å²) in [7, 11) is 0. The fourth-order valence-electron chi connectivity index (χ4n) is 0.157. The molecule has 0 rings (SSSR count). The van der Waals surface area contributed by atoms with Gasteiger partial charge in [0.25, 0.3) is 0 Å². The van der Waals surface area contributed by atoms with E-state index in [1.54, 1.807) is 13.8 Å². The first-order valence-electron chi connectivity index (χ1n) is 2.32. The van der Waals surface area contributed by atoms with E-state index < -0.39 is 6.10 Å². The van der Waals surface area contributed by atoms with Crippen LogP contribution in [0.3, 0.4) is 0 Å². The van der Waals surface area contributed by atoms with E-state index in [9.17, 15) is 4.79 Å². The van der Waals surface area contributed by atoms with Gasteiger partial charge < -0.3 is 9.90 Å². The van der Waals surface area contributed by atoms with Crippen molar-refractivity contribution in [1.29, 1.82) is 0 Å². The fraction of sp³-hybridized carbons (Fsp3) is 0.800. The topological polar surface area (TPSA) is 37.3 Å². The summed E-state index contributed by atoms with van der Waals surface area (Å²) in [6, 6.07) is 0. The fourth-order valence-corrected chi connectivity index (χ4v) is 0.157. The molecule has 0 radical (unpaired) electrons. The Morgan fingerprint density at radius 2 is 2.00 bits per heavy atom. The van der Waals surface area contributed by atoms with Crippen LogP contribution in [-0.2, 0) is 4.79 Å². The molecule has 2 nitrogen and oxygen atoms in total. The maximum atomic E-state index is 9.70. The predicted molar refractivity (Wildman–Crippen MR) is 26.9 cm³/mol. The molecule has 0 aromatic carbocycles. The lowest BCUT2D eigenvalue weighted by atomic mass is 10.1. The molecule has 0 amide bonds. The Balaban J connectivity index is 3.33. The molecule has 0 aliphatic carbocycles. The van der Waals surface area contributed by atoms with E-state index >= 15 is 0 Å². The molecule has 1 N–H and O–H groups in total. The molecule has 7 heavy (non-hydrogen) atoms. The molecular formula is C5H10O2. The number of hydrogen-bond donors (Lipinski definition) is 1. The van der Waals surface area contributed by atoms with Crippen LogP contribution in [0.4, 0.5) is 0 Å². The van der Waals surface area contributed by atoms with Crippen LogP contribution >= 0.6 is 0 Å². The molecule has 0 aliphatic heterocycles. The second-order valence-electron chi connectivity index (χ2n) is 1.87. The minimum atomic E-state index is -0.778. The Kier molecular flexibility index (Phi) is 2.60. The van der Waals surface area contributed by atoms with Gasteiger partial charge >= 0.3 is 0 Å². The Bertz CT molecular complexity index is 59.1. The maximum absolute atomic E-state index is 9.70. The van der Waals surface area contributed by atoms with Gasteiger partial charge in [0.1, 0.15) is 12.4 Å². The zero-order chi connectivity index (χ0) is 5.86. The van der Waals surface area contributed by atoms with Gasteiger partial charge in [0.15, 0.2) is 0 Å². The molecule has 0 spiro atoms. The Hall–Kier alpha value is -0.370. The molecule has 0 heterocycles. The standard InChI is InChI=1S/C5H10O2/c1-4(2)5(7)3-6/h3-5,7H,1-2H3/t5-/m1/s1. The van der Waals surface area contributed by atoms with E-state index in [0.717, 1.165) is 0 Å². The SMILES string of the molecule is CC(C)[C@H](O)C=O. The maximum Gasteiger partial charge on any atom is 0.148 e. The molecule has 0 saturated carbocycles. The van der Waals surface area contributed by atoms with E-state index in [4.69, 9.17) is 5.11 Å². The van der Waals surface area contributed by atoms with Gasteiger partial charge in [-0.25, -0.2) is 0 Å². The summed E-state index contributed by atoms with van der Waals surface area (Å²) < 4.78 is 0. The van der Waals surface area contributed by atoms with Crippen LogP contribution in [0.15, 0.2) is 0 Å². The van der Waals surface area contributed by atoms with Gasteiger partial charge in [0, 0.05) is 0 Å². The lowest BCUT2D eigenvalue weighted by molar-refractivity contribution is -0.116. The summed E-state index contributed by atoms with van der Waals surface area (Å²) in [6.07, 6.45) is -0.231. The second-order valence-corrected chi connectivity index (χ2v) is 1.87. The van der Waals surface area contributed by atoms with Crippen molar-refractivity contribution in [2.45, 2.75) is 20.0 Å². The van der Waals surface area contributed by atoms with Gasteiger partial charge in [-0.1, -0.05) is 13.8 Å².